The second-order valence-corrected chi connectivity index (χ2v) is 4.42. The van der Waals surface area contributed by atoms with Gasteiger partial charge in [0.25, 0.3) is 0 Å². The maximum absolute atomic E-state index is 9.34. The van der Waals surface area contributed by atoms with Crippen LogP contribution in [0, 0.1) is 6.57 Å². The average molecular weight is 272 g/mol. The number of aromatic nitrogens is 3. The molecule has 0 aromatic carbocycles. The lowest BCUT2D eigenvalue weighted by Gasteiger charge is -2.17. The topological polar surface area (TPSA) is 101 Å². The normalized spacial score (nSPS) is 12.1. The number of nitrogen functional groups attached to an aromatic ring is 1. The number of nitrogens with two attached hydrogens (primary N) is 1. The molecular formula is C13H16N6O. The molecule has 0 saturated carbocycles. The quantitative estimate of drug-likeness (QED) is 0.716. The highest BCUT2D eigenvalue weighted by Crippen LogP contribution is 2.23. The zero-order valence-corrected chi connectivity index (χ0v) is 11.2. The molecule has 4 N–H and O–H groups in total. The van der Waals surface area contributed by atoms with Gasteiger partial charge in [0.1, 0.15) is 5.52 Å². The van der Waals surface area contributed by atoms with Gasteiger partial charge >= 0.3 is 0 Å². The Bertz CT molecular complexity index is 651. The first-order chi connectivity index (χ1) is 9.67. The standard InChI is InChI=1S/C13H16N6O/c1-3-4-8(7-20)17-12-11-10(18-13(14)19-12)5-9(15-2)6-16-11/h5-6,8,20H,3-4,7H2,1H3,(H3,14,17,18,19)/t8-/m0/s1. The van der Waals surface area contributed by atoms with Gasteiger partial charge in [0.05, 0.1) is 24.7 Å². The number of anilines is 2. The molecule has 7 nitrogen and oxygen atoms in total. The van der Waals surface area contributed by atoms with Crippen molar-refractivity contribution in [1.29, 1.82) is 0 Å². The van der Waals surface area contributed by atoms with Crippen molar-refractivity contribution in [1.82, 2.24) is 15.0 Å². The fourth-order valence-corrected chi connectivity index (χ4v) is 1.94. The van der Waals surface area contributed by atoms with Gasteiger partial charge in [0.15, 0.2) is 5.82 Å². The molecule has 104 valence electrons. The zero-order valence-electron chi connectivity index (χ0n) is 11.2. The summed E-state index contributed by atoms with van der Waals surface area (Å²) in [6, 6.07) is 1.51. The fourth-order valence-electron chi connectivity index (χ4n) is 1.94. The van der Waals surface area contributed by atoms with E-state index in [2.05, 4.69) is 25.1 Å². The van der Waals surface area contributed by atoms with Gasteiger partial charge in [-0.25, -0.2) is 9.83 Å². The SMILES string of the molecule is [C-]#[N+]c1cnc2c(N[C@H](CO)CCC)nc(N)nc2c1. The summed E-state index contributed by atoms with van der Waals surface area (Å²) in [7, 11) is 0. The molecule has 0 bridgehead atoms. The van der Waals surface area contributed by atoms with Crippen molar-refractivity contribution < 1.29 is 5.11 Å². The third-order valence-corrected chi connectivity index (χ3v) is 2.87. The van der Waals surface area contributed by atoms with Crippen LogP contribution in [-0.2, 0) is 0 Å². The molecule has 1 atom stereocenters. The monoisotopic (exact) mass is 272 g/mol. The number of rotatable bonds is 5. The smallest absolute Gasteiger partial charge is 0.222 e. The Morgan fingerprint density at radius 3 is 2.95 bits per heavy atom. The van der Waals surface area contributed by atoms with Crippen LogP contribution in [0.5, 0.6) is 0 Å². The number of aliphatic hydroxyl groups excluding tert-OH is 1. The Hall–Kier alpha value is -2.46. The molecule has 0 aliphatic carbocycles. The molecule has 7 heteroatoms. The van der Waals surface area contributed by atoms with Crippen molar-refractivity contribution >= 4 is 28.5 Å². The van der Waals surface area contributed by atoms with Crippen LogP contribution in [0.2, 0.25) is 0 Å². The second kappa shape index (κ2) is 6.12. The van der Waals surface area contributed by atoms with Gasteiger partial charge in [0, 0.05) is 6.20 Å². The molecule has 2 aromatic heterocycles. The Morgan fingerprint density at radius 1 is 1.50 bits per heavy atom. The summed E-state index contributed by atoms with van der Waals surface area (Å²) in [6.07, 6.45) is 3.21. The Morgan fingerprint density at radius 2 is 2.30 bits per heavy atom. The molecular weight excluding hydrogens is 256 g/mol. The summed E-state index contributed by atoms with van der Waals surface area (Å²) in [5.74, 6) is 0.591. The number of nitrogens with zero attached hydrogens (tertiary/aromatic N) is 4. The summed E-state index contributed by atoms with van der Waals surface area (Å²) in [5, 5.41) is 12.5. The second-order valence-electron chi connectivity index (χ2n) is 4.42. The summed E-state index contributed by atoms with van der Waals surface area (Å²) in [4.78, 5) is 15.7. The van der Waals surface area contributed by atoms with Gasteiger partial charge in [-0.3, -0.25) is 4.98 Å². The van der Waals surface area contributed by atoms with E-state index in [1.54, 1.807) is 6.07 Å². The minimum Gasteiger partial charge on any atom is -0.394 e. The van der Waals surface area contributed by atoms with Crippen molar-refractivity contribution in [3.63, 3.8) is 0 Å². The van der Waals surface area contributed by atoms with E-state index in [9.17, 15) is 5.11 Å². The van der Waals surface area contributed by atoms with Gasteiger partial charge < -0.3 is 16.2 Å². The van der Waals surface area contributed by atoms with E-state index >= 15 is 0 Å². The zero-order chi connectivity index (χ0) is 14.5. The number of hydrogen-bond donors (Lipinski definition) is 3. The highest BCUT2D eigenvalue weighted by Gasteiger charge is 2.12. The fraction of sp³-hybridized carbons (Fsp3) is 0.385. The lowest BCUT2D eigenvalue weighted by Crippen LogP contribution is -2.24. The van der Waals surface area contributed by atoms with Crippen LogP contribution < -0.4 is 11.1 Å². The van der Waals surface area contributed by atoms with Crippen LogP contribution in [0.15, 0.2) is 12.3 Å². The first kappa shape index (κ1) is 14.0. The van der Waals surface area contributed by atoms with Crippen LogP contribution in [-0.4, -0.2) is 32.7 Å². The van der Waals surface area contributed by atoms with Crippen molar-refractivity contribution in [2.24, 2.45) is 0 Å². The summed E-state index contributed by atoms with van der Waals surface area (Å²) in [5.41, 5.74) is 7.13. The predicted molar refractivity (Wildman–Crippen MR) is 77.4 cm³/mol. The maximum Gasteiger partial charge on any atom is 0.222 e. The molecule has 2 heterocycles. The molecule has 2 rings (SSSR count). The van der Waals surface area contributed by atoms with E-state index in [0.29, 0.717) is 22.5 Å². The average Bonchev–Trinajstić information content (AvgIpc) is 2.45. The van der Waals surface area contributed by atoms with Crippen molar-refractivity contribution in [2.45, 2.75) is 25.8 Å². The molecule has 0 amide bonds. The van der Waals surface area contributed by atoms with E-state index in [0.717, 1.165) is 12.8 Å². The number of aliphatic hydroxyl groups is 1. The minimum absolute atomic E-state index is 0.000617. The van der Waals surface area contributed by atoms with Crippen LogP contribution in [0.25, 0.3) is 15.9 Å². The number of hydrogen-bond acceptors (Lipinski definition) is 6. The van der Waals surface area contributed by atoms with Crippen LogP contribution in [0.3, 0.4) is 0 Å². The van der Waals surface area contributed by atoms with Crippen molar-refractivity contribution in [3.05, 3.63) is 23.7 Å². The van der Waals surface area contributed by atoms with Crippen LogP contribution >= 0.6 is 0 Å². The number of fused-ring (bicyclic) bond motifs is 1. The molecule has 0 saturated heterocycles. The Labute approximate surface area is 116 Å². The molecule has 20 heavy (non-hydrogen) atoms. The number of nitrogens with one attached hydrogen (secondary N) is 1. The molecule has 0 spiro atoms. The minimum atomic E-state index is -0.111. The third kappa shape index (κ3) is 2.92. The first-order valence-corrected chi connectivity index (χ1v) is 6.36. The van der Waals surface area contributed by atoms with Gasteiger partial charge in [-0.2, -0.15) is 4.98 Å². The van der Waals surface area contributed by atoms with E-state index in [-0.39, 0.29) is 18.6 Å². The first-order valence-electron chi connectivity index (χ1n) is 6.36. The lowest BCUT2D eigenvalue weighted by molar-refractivity contribution is 0.268. The number of pyridine rings is 1. The van der Waals surface area contributed by atoms with Gasteiger partial charge in [-0.05, 0) is 12.5 Å². The van der Waals surface area contributed by atoms with Crippen molar-refractivity contribution in [2.75, 3.05) is 17.7 Å². The summed E-state index contributed by atoms with van der Waals surface area (Å²) in [6.45, 7) is 9.02. The van der Waals surface area contributed by atoms with Gasteiger partial charge in [-0.15, -0.1) is 0 Å². The highest BCUT2D eigenvalue weighted by molar-refractivity contribution is 5.88. The summed E-state index contributed by atoms with van der Waals surface area (Å²) < 4.78 is 0. The molecule has 0 unspecified atom stereocenters. The lowest BCUT2D eigenvalue weighted by atomic mass is 10.2. The maximum atomic E-state index is 9.34. The largest absolute Gasteiger partial charge is 0.394 e. The van der Waals surface area contributed by atoms with Crippen molar-refractivity contribution in [3.8, 4) is 0 Å². The molecule has 0 aliphatic rings. The van der Waals surface area contributed by atoms with E-state index < -0.39 is 0 Å². The van der Waals surface area contributed by atoms with Crippen LogP contribution in [0.1, 0.15) is 19.8 Å². The predicted octanol–water partition coefficient (Wildman–Crippen LogP) is 1.73. The van der Waals surface area contributed by atoms with Crippen LogP contribution in [0.4, 0.5) is 17.5 Å². The summed E-state index contributed by atoms with van der Waals surface area (Å²) >= 11 is 0. The van der Waals surface area contributed by atoms with Gasteiger partial charge in [-0.1, -0.05) is 13.3 Å². The molecule has 0 radical (unpaired) electrons. The molecule has 0 aliphatic heterocycles. The highest BCUT2D eigenvalue weighted by atomic mass is 16.3. The van der Waals surface area contributed by atoms with Gasteiger partial charge in [0.2, 0.25) is 11.6 Å². The third-order valence-electron chi connectivity index (χ3n) is 2.87. The molecule has 0 fully saturated rings. The Balaban J connectivity index is 2.44. The van der Waals surface area contributed by atoms with E-state index in [1.165, 1.54) is 6.20 Å². The Kier molecular flexibility index (Phi) is 4.27. The van der Waals surface area contributed by atoms with E-state index in [1.807, 2.05) is 6.92 Å². The van der Waals surface area contributed by atoms with E-state index in [4.69, 9.17) is 12.3 Å². The molecule has 2 aromatic rings.